The van der Waals surface area contributed by atoms with Gasteiger partial charge < -0.3 is 27.9 Å². The Balaban J connectivity index is 4.05. The molecule has 0 fully saturated rings. The van der Waals surface area contributed by atoms with Gasteiger partial charge in [-0.05, 0) is 135 Å². The van der Waals surface area contributed by atoms with Crippen LogP contribution in [0.15, 0.2) is 182 Å². The van der Waals surface area contributed by atoms with Crippen molar-refractivity contribution in [3.05, 3.63) is 182 Å². The summed E-state index contributed by atoms with van der Waals surface area (Å²) >= 11 is 0. The molecular formula is C88H146NO8P. The van der Waals surface area contributed by atoms with Crippen LogP contribution >= 0.6 is 7.82 Å². The quantitative estimate of drug-likeness (QED) is 0.0195. The number of unbranched alkanes of at least 4 members (excludes halogenated alkanes) is 27. The van der Waals surface area contributed by atoms with Crippen molar-refractivity contribution in [3.63, 3.8) is 0 Å². The van der Waals surface area contributed by atoms with Crippen molar-refractivity contribution in [2.24, 2.45) is 0 Å². The van der Waals surface area contributed by atoms with E-state index in [4.69, 9.17) is 18.5 Å². The van der Waals surface area contributed by atoms with Crippen molar-refractivity contribution < 1.29 is 42.1 Å². The molecule has 0 aromatic rings. The molecule has 0 aliphatic carbocycles. The maximum absolute atomic E-state index is 12.9. The number of carbonyl (C=O) groups excluding carboxylic acids is 2. The highest BCUT2D eigenvalue weighted by Crippen LogP contribution is 2.38. The molecule has 556 valence electrons. The van der Waals surface area contributed by atoms with Gasteiger partial charge >= 0.3 is 11.9 Å². The van der Waals surface area contributed by atoms with Gasteiger partial charge in [-0.15, -0.1) is 0 Å². The number of nitrogens with zero attached hydrogens (tertiary/aromatic N) is 1. The Morgan fingerprint density at radius 2 is 0.551 bits per heavy atom. The smallest absolute Gasteiger partial charge is 0.306 e. The van der Waals surface area contributed by atoms with E-state index in [0.717, 1.165) is 141 Å². The first-order valence-corrected chi connectivity index (χ1v) is 41.0. The predicted molar refractivity (Wildman–Crippen MR) is 424 cm³/mol. The number of ether oxygens (including phenoxy) is 2. The molecule has 0 rings (SSSR count). The summed E-state index contributed by atoms with van der Waals surface area (Å²) in [5.74, 6) is -0.842. The first-order valence-electron chi connectivity index (χ1n) is 39.5. The highest BCUT2D eigenvalue weighted by Gasteiger charge is 2.22. The standard InChI is InChI=1S/C88H146NO8P/c1-6-8-10-12-14-16-18-20-22-24-26-28-30-32-34-36-38-40-42-44-46-48-50-52-54-56-58-60-62-64-66-68-70-72-74-76-78-80-87(90)94-84-86(85-96-98(92,93)95-83-82-89(3,4)5)97-88(91)81-79-77-75-73-71-69-67-65-63-61-59-57-55-53-51-49-47-45-43-41-39-37-35-33-31-29-27-25-23-21-19-17-15-13-11-9-7-2/h8-11,14-17,20-23,26-29,32-35,38-41,45,47,51,53,57,59,86H,6-7,12-13,18-19,24-25,30-31,36-37,42-44,46,48-50,52,54-56,58,60-85H2,1-5H3/b10-8-,11-9-,16-14-,17-15-,22-20-,23-21-,28-26-,29-27-,34-32-,35-33-,40-38-,41-39-,47-45-,53-51-,59-57-. The van der Waals surface area contributed by atoms with E-state index >= 15 is 0 Å². The van der Waals surface area contributed by atoms with Gasteiger partial charge in [0.2, 0.25) is 0 Å². The number of phosphoric acid groups is 1. The molecule has 2 atom stereocenters. The molecule has 0 N–H and O–H groups in total. The van der Waals surface area contributed by atoms with E-state index in [9.17, 15) is 19.0 Å². The van der Waals surface area contributed by atoms with Crippen LogP contribution in [-0.2, 0) is 32.7 Å². The number of phosphoric ester groups is 1. The number of rotatable bonds is 71. The Labute approximate surface area is 603 Å². The van der Waals surface area contributed by atoms with E-state index in [-0.39, 0.29) is 32.0 Å². The van der Waals surface area contributed by atoms with Crippen molar-refractivity contribution in [3.8, 4) is 0 Å². The minimum atomic E-state index is -4.66. The Bertz CT molecular complexity index is 2320. The van der Waals surface area contributed by atoms with Gasteiger partial charge in [-0.1, -0.05) is 344 Å². The van der Waals surface area contributed by atoms with E-state index in [0.29, 0.717) is 17.4 Å². The summed E-state index contributed by atoms with van der Waals surface area (Å²) in [6.07, 6.45) is 117. The van der Waals surface area contributed by atoms with Gasteiger partial charge in [0, 0.05) is 12.8 Å². The second kappa shape index (κ2) is 76.3. The fourth-order valence-corrected chi connectivity index (χ4v) is 11.2. The lowest BCUT2D eigenvalue weighted by atomic mass is 10.0. The van der Waals surface area contributed by atoms with Crippen LogP contribution < -0.4 is 4.89 Å². The highest BCUT2D eigenvalue weighted by molar-refractivity contribution is 7.45. The number of quaternary nitrogens is 1. The van der Waals surface area contributed by atoms with Crippen molar-refractivity contribution in [1.29, 1.82) is 0 Å². The topological polar surface area (TPSA) is 111 Å². The summed E-state index contributed by atoms with van der Waals surface area (Å²) in [4.78, 5) is 38.2. The van der Waals surface area contributed by atoms with E-state index in [2.05, 4.69) is 196 Å². The molecule has 9 nitrogen and oxygen atoms in total. The summed E-state index contributed by atoms with van der Waals surface area (Å²) in [5, 5.41) is 0. The minimum Gasteiger partial charge on any atom is -0.756 e. The molecule has 2 unspecified atom stereocenters. The maximum atomic E-state index is 12.9. The molecule has 0 heterocycles. The SMILES string of the molecule is CC/C=C\C/C=C\C/C=C\C/C=C\C/C=C\C/C=C\C/C=C\C/C=C\C/C=C\CCCCCCCCCCCC(=O)OC(COC(=O)CCCCCCCCCCCCCCCCCCCC/C=C\C/C=C\C/C=C\C/C=C\C/C=C\C/C=C\CC)COP(=O)([O-])OCC[N+](C)(C)C. The zero-order valence-electron chi connectivity index (χ0n) is 63.4. The molecule has 0 saturated heterocycles. The number of hydrogen-bond acceptors (Lipinski definition) is 8. The van der Waals surface area contributed by atoms with Gasteiger partial charge in [0.05, 0.1) is 27.7 Å². The van der Waals surface area contributed by atoms with Crippen LogP contribution in [0.1, 0.15) is 309 Å². The third kappa shape index (κ3) is 80.1. The average molecular weight is 1380 g/mol. The number of carbonyl (C=O) groups is 2. The Kier molecular flexibility index (Phi) is 72.5. The monoisotopic (exact) mass is 1380 g/mol. The van der Waals surface area contributed by atoms with Crippen LogP contribution in [0.25, 0.3) is 0 Å². The van der Waals surface area contributed by atoms with Crippen molar-refractivity contribution in [2.45, 2.75) is 315 Å². The van der Waals surface area contributed by atoms with E-state index in [1.807, 2.05) is 21.1 Å². The fourth-order valence-electron chi connectivity index (χ4n) is 10.5. The van der Waals surface area contributed by atoms with Gasteiger partial charge in [0.15, 0.2) is 6.10 Å². The van der Waals surface area contributed by atoms with Crippen LogP contribution in [0.4, 0.5) is 0 Å². The number of likely N-dealkylation sites (N-methyl/N-ethyl adjacent to an activating group) is 1. The van der Waals surface area contributed by atoms with Gasteiger partial charge in [-0.2, -0.15) is 0 Å². The second-order valence-corrected chi connectivity index (χ2v) is 28.4. The largest absolute Gasteiger partial charge is 0.756 e. The second-order valence-electron chi connectivity index (χ2n) is 27.0. The molecule has 0 bridgehead atoms. The molecule has 0 spiro atoms. The Morgan fingerprint density at radius 1 is 0.316 bits per heavy atom. The molecule has 98 heavy (non-hydrogen) atoms. The first-order chi connectivity index (χ1) is 48.0. The summed E-state index contributed by atoms with van der Waals surface area (Å²) in [5.41, 5.74) is 0. The number of hydrogen-bond donors (Lipinski definition) is 0. The minimum absolute atomic E-state index is 0.0392. The van der Waals surface area contributed by atoms with Crippen LogP contribution in [-0.4, -0.2) is 70.0 Å². The average Bonchev–Trinajstić information content (AvgIpc) is 1.08. The molecule has 0 saturated carbocycles. The van der Waals surface area contributed by atoms with E-state index < -0.39 is 26.5 Å². The Hall–Kier alpha value is -4.89. The normalized spacial score (nSPS) is 14.1. The Morgan fingerprint density at radius 3 is 0.816 bits per heavy atom. The molecular weight excluding hydrogens is 1230 g/mol. The first kappa shape index (κ1) is 93.1. The molecule has 0 aromatic heterocycles. The van der Waals surface area contributed by atoms with Gasteiger partial charge in [-0.25, -0.2) is 0 Å². The predicted octanol–water partition coefficient (Wildman–Crippen LogP) is 26.0. The molecule has 0 radical (unpaired) electrons. The summed E-state index contributed by atoms with van der Waals surface area (Å²) in [6.45, 7) is 4.01. The number of allylic oxidation sites excluding steroid dienone is 30. The van der Waals surface area contributed by atoms with E-state index in [1.165, 1.54) is 135 Å². The third-order valence-electron chi connectivity index (χ3n) is 16.4. The summed E-state index contributed by atoms with van der Waals surface area (Å²) < 4.78 is 34.4. The molecule has 0 aliphatic rings. The summed E-state index contributed by atoms with van der Waals surface area (Å²) in [6, 6.07) is 0. The molecule has 0 aromatic carbocycles. The lowest BCUT2D eigenvalue weighted by Crippen LogP contribution is -2.37. The van der Waals surface area contributed by atoms with Crippen LogP contribution in [0.3, 0.4) is 0 Å². The van der Waals surface area contributed by atoms with Gasteiger partial charge in [0.25, 0.3) is 7.82 Å². The molecule has 0 aliphatic heterocycles. The van der Waals surface area contributed by atoms with Crippen LogP contribution in [0.2, 0.25) is 0 Å². The van der Waals surface area contributed by atoms with Crippen molar-refractivity contribution in [2.75, 3.05) is 47.5 Å². The number of esters is 2. The lowest BCUT2D eigenvalue weighted by molar-refractivity contribution is -0.870. The highest BCUT2D eigenvalue weighted by atomic mass is 31.2. The van der Waals surface area contributed by atoms with Crippen LogP contribution in [0, 0.1) is 0 Å². The zero-order valence-corrected chi connectivity index (χ0v) is 64.3. The third-order valence-corrected chi connectivity index (χ3v) is 17.4. The van der Waals surface area contributed by atoms with Crippen molar-refractivity contribution >= 4 is 19.8 Å². The van der Waals surface area contributed by atoms with Gasteiger partial charge in [0.1, 0.15) is 19.8 Å². The van der Waals surface area contributed by atoms with Gasteiger partial charge in [-0.3, -0.25) is 14.2 Å². The van der Waals surface area contributed by atoms with Crippen LogP contribution in [0.5, 0.6) is 0 Å². The fraction of sp³-hybridized carbons (Fsp3) is 0.636. The van der Waals surface area contributed by atoms with Crippen molar-refractivity contribution in [1.82, 2.24) is 0 Å². The lowest BCUT2D eigenvalue weighted by Gasteiger charge is -2.28. The zero-order chi connectivity index (χ0) is 71.1. The van der Waals surface area contributed by atoms with E-state index in [1.54, 1.807) is 0 Å². The summed E-state index contributed by atoms with van der Waals surface area (Å²) in [7, 11) is 1.15. The maximum Gasteiger partial charge on any atom is 0.306 e. The molecule has 10 heteroatoms. The molecule has 0 amide bonds.